The predicted octanol–water partition coefficient (Wildman–Crippen LogP) is 6.55. The fourth-order valence-electron chi connectivity index (χ4n) is 2.90. The monoisotopic (exact) mass is 456 g/mol. The van der Waals surface area contributed by atoms with Crippen LogP contribution in [0.4, 0.5) is 10.5 Å². The molecule has 4 rings (SSSR count). The number of non-ortho nitro benzene ring substituents is 1. The molecule has 0 bridgehead atoms. The lowest BCUT2D eigenvalue weighted by Crippen LogP contribution is -2.26. The Balaban J connectivity index is 1.53. The molecule has 9 heteroatoms. The average molecular weight is 457 g/mol. The van der Waals surface area contributed by atoms with E-state index in [-0.39, 0.29) is 10.9 Å². The van der Waals surface area contributed by atoms with Crippen LogP contribution in [-0.4, -0.2) is 20.1 Å². The van der Waals surface area contributed by atoms with E-state index in [2.05, 4.69) is 0 Å². The summed E-state index contributed by atoms with van der Waals surface area (Å²) in [7, 11) is 0. The first-order chi connectivity index (χ1) is 14.4. The Kier molecular flexibility index (Phi) is 5.72. The van der Waals surface area contributed by atoms with Gasteiger partial charge in [0.1, 0.15) is 16.5 Å². The number of furan rings is 1. The Morgan fingerprint density at radius 3 is 2.67 bits per heavy atom. The summed E-state index contributed by atoms with van der Waals surface area (Å²) in [4.78, 5) is 25.5. The van der Waals surface area contributed by atoms with Crippen molar-refractivity contribution in [3.63, 3.8) is 0 Å². The molecule has 0 spiro atoms. The SMILES string of the molecule is O=C1SC(=Cc2ccc(-c3cccc([N+](=O)[O-])c3)o2)C(=S)N1Cc1ccc(Cl)cc1. The molecule has 1 saturated heterocycles. The zero-order valence-electron chi connectivity index (χ0n) is 15.3. The average Bonchev–Trinajstić information content (AvgIpc) is 3.30. The van der Waals surface area contributed by atoms with Crippen LogP contribution in [0.1, 0.15) is 11.3 Å². The molecule has 0 aliphatic carbocycles. The predicted molar refractivity (Wildman–Crippen MR) is 121 cm³/mol. The number of benzene rings is 2. The van der Waals surface area contributed by atoms with Crippen LogP contribution in [0.25, 0.3) is 17.4 Å². The van der Waals surface area contributed by atoms with E-state index in [4.69, 9.17) is 28.2 Å². The van der Waals surface area contributed by atoms with Crippen molar-refractivity contribution in [1.82, 2.24) is 4.90 Å². The van der Waals surface area contributed by atoms with E-state index in [1.54, 1.807) is 42.5 Å². The highest BCUT2D eigenvalue weighted by Gasteiger charge is 2.32. The number of rotatable bonds is 5. The molecular formula is C21H13ClN2O4S2. The van der Waals surface area contributed by atoms with Gasteiger partial charge in [0.25, 0.3) is 10.9 Å². The topological polar surface area (TPSA) is 76.6 Å². The van der Waals surface area contributed by atoms with Crippen molar-refractivity contribution in [2.45, 2.75) is 6.54 Å². The van der Waals surface area contributed by atoms with Crippen LogP contribution in [-0.2, 0) is 6.54 Å². The van der Waals surface area contributed by atoms with Crippen molar-refractivity contribution >= 4 is 57.6 Å². The maximum absolute atomic E-state index is 12.4. The molecule has 1 aliphatic heterocycles. The Labute approximate surface area is 186 Å². The van der Waals surface area contributed by atoms with E-state index in [0.717, 1.165) is 17.3 Å². The Morgan fingerprint density at radius 1 is 1.17 bits per heavy atom. The fourth-order valence-corrected chi connectivity index (χ4v) is 4.24. The third-order valence-corrected chi connectivity index (χ3v) is 6.12. The molecule has 0 unspecified atom stereocenters. The number of nitro groups is 1. The largest absolute Gasteiger partial charge is 0.457 e. The number of halogens is 1. The maximum Gasteiger partial charge on any atom is 0.291 e. The number of amides is 1. The molecule has 150 valence electrons. The van der Waals surface area contributed by atoms with Crippen LogP contribution in [0.3, 0.4) is 0 Å². The minimum atomic E-state index is -0.455. The highest BCUT2D eigenvalue weighted by molar-refractivity contribution is 8.19. The van der Waals surface area contributed by atoms with E-state index in [1.165, 1.54) is 17.0 Å². The molecule has 1 aromatic heterocycles. The highest BCUT2D eigenvalue weighted by Crippen LogP contribution is 2.35. The van der Waals surface area contributed by atoms with Gasteiger partial charge < -0.3 is 4.42 Å². The molecule has 1 amide bonds. The molecule has 0 radical (unpaired) electrons. The zero-order valence-corrected chi connectivity index (χ0v) is 17.7. The van der Waals surface area contributed by atoms with Gasteiger partial charge in [-0.3, -0.25) is 19.8 Å². The molecule has 0 atom stereocenters. The van der Waals surface area contributed by atoms with Gasteiger partial charge in [-0.2, -0.15) is 0 Å². The van der Waals surface area contributed by atoms with Crippen molar-refractivity contribution in [2.75, 3.05) is 0 Å². The third kappa shape index (κ3) is 4.30. The van der Waals surface area contributed by atoms with Crippen molar-refractivity contribution in [3.05, 3.63) is 92.0 Å². The number of carbonyl (C=O) groups excluding carboxylic acids is 1. The summed E-state index contributed by atoms with van der Waals surface area (Å²) in [5.74, 6) is 0.992. The minimum Gasteiger partial charge on any atom is -0.457 e. The normalized spacial score (nSPS) is 15.2. The minimum absolute atomic E-state index is 0.0141. The second-order valence-corrected chi connectivity index (χ2v) is 8.22. The second-order valence-electron chi connectivity index (χ2n) is 6.40. The molecule has 1 aliphatic rings. The maximum atomic E-state index is 12.4. The summed E-state index contributed by atoms with van der Waals surface area (Å²) in [5, 5.41) is 11.4. The molecular weight excluding hydrogens is 444 g/mol. The van der Waals surface area contributed by atoms with Crippen LogP contribution < -0.4 is 0 Å². The van der Waals surface area contributed by atoms with Gasteiger partial charge in [-0.25, -0.2) is 0 Å². The zero-order chi connectivity index (χ0) is 21.3. The smallest absolute Gasteiger partial charge is 0.291 e. The van der Waals surface area contributed by atoms with Crippen LogP contribution in [0.2, 0.25) is 5.02 Å². The van der Waals surface area contributed by atoms with Gasteiger partial charge in [0.2, 0.25) is 0 Å². The summed E-state index contributed by atoms with van der Waals surface area (Å²) in [6, 6.07) is 16.9. The quantitative estimate of drug-likeness (QED) is 0.187. The molecule has 30 heavy (non-hydrogen) atoms. The molecule has 3 aromatic rings. The summed E-state index contributed by atoms with van der Waals surface area (Å²) in [6.07, 6.45) is 1.70. The van der Waals surface area contributed by atoms with Crippen molar-refractivity contribution in [2.24, 2.45) is 0 Å². The summed E-state index contributed by atoms with van der Waals surface area (Å²) in [5.41, 5.74) is 1.50. The fraction of sp³-hybridized carbons (Fsp3) is 0.0476. The highest BCUT2D eigenvalue weighted by atomic mass is 35.5. The van der Waals surface area contributed by atoms with Gasteiger partial charge in [0, 0.05) is 22.7 Å². The lowest BCUT2D eigenvalue weighted by Gasteiger charge is -2.14. The van der Waals surface area contributed by atoms with Gasteiger partial charge in [-0.1, -0.05) is 48.1 Å². The third-order valence-electron chi connectivity index (χ3n) is 4.37. The van der Waals surface area contributed by atoms with Crippen molar-refractivity contribution < 1.29 is 14.1 Å². The number of nitro benzene ring substituents is 1. The lowest BCUT2D eigenvalue weighted by molar-refractivity contribution is -0.384. The van der Waals surface area contributed by atoms with E-state index >= 15 is 0 Å². The molecule has 1 fully saturated rings. The van der Waals surface area contributed by atoms with E-state index in [1.807, 2.05) is 12.1 Å². The number of carbonyl (C=O) groups is 1. The van der Waals surface area contributed by atoms with Crippen LogP contribution >= 0.6 is 35.6 Å². The Morgan fingerprint density at radius 2 is 1.93 bits per heavy atom. The van der Waals surface area contributed by atoms with Gasteiger partial charge in [-0.05, 0) is 47.7 Å². The number of nitrogens with zero attached hydrogens (tertiary/aromatic N) is 2. The van der Waals surface area contributed by atoms with E-state index in [0.29, 0.717) is 38.5 Å². The number of hydrogen-bond donors (Lipinski definition) is 0. The molecule has 0 N–H and O–H groups in total. The van der Waals surface area contributed by atoms with Gasteiger partial charge in [-0.15, -0.1) is 0 Å². The van der Waals surface area contributed by atoms with Crippen LogP contribution in [0.5, 0.6) is 0 Å². The number of hydrogen-bond acceptors (Lipinski definition) is 6. The van der Waals surface area contributed by atoms with Gasteiger partial charge in [0.15, 0.2) is 0 Å². The first-order valence-electron chi connectivity index (χ1n) is 8.75. The van der Waals surface area contributed by atoms with Gasteiger partial charge >= 0.3 is 0 Å². The Hall–Kier alpha value is -2.94. The molecule has 0 saturated carbocycles. The number of thiocarbonyl (C=S) groups is 1. The Bertz CT molecular complexity index is 1190. The first-order valence-corrected chi connectivity index (χ1v) is 10.4. The summed E-state index contributed by atoms with van der Waals surface area (Å²) >= 11 is 12.4. The number of thioether (sulfide) groups is 1. The van der Waals surface area contributed by atoms with Crippen molar-refractivity contribution in [3.8, 4) is 11.3 Å². The van der Waals surface area contributed by atoms with E-state index < -0.39 is 4.92 Å². The first kappa shape index (κ1) is 20.3. The molecule has 2 aromatic carbocycles. The molecule has 2 heterocycles. The summed E-state index contributed by atoms with van der Waals surface area (Å²) in [6.45, 7) is 0.357. The second kappa shape index (κ2) is 8.43. The van der Waals surface area contributed by atoms with Crippen LogP contribution in [0.15, 0.2) is 70.0 Å². The van der Waals surface area contributed by atoms with Crippen LogP contribution in [0, 0.1) is 10.1 Å². The summed E-state index contributed by atoms with van der Waals surface area (Å²) < 4.78 is 5.80. The lowest BCUT2D eigenvalue weighted by atomic mass is 10.1. The molecule has 6 nitrogen and oxygen atoms in total. The van der Waals surface area contributed by atoms with Gasteiger partial charge in [0.05, 0.1) is 16.4 Å². The van der Waals surface area contributed by atoms with E-state index in [9.17, 15) is 14.9 Å². The standard InChI is InChI=1S/C21H13ClN2O4S2/c22-15-6-4-13(5-7-15)12-23-20(29)19(30-21(23)25)11-17-8-9-18(28-17)14-2-1-3-16(10-14)24(26)27/h1-11H,12H2. The van der Waals surface area contributed by atoms with Crippen molar-refractivity contribution in [1.29, 1.82) is 0 Å².